The van der Waals surface area contributed by atoms with Crippen LogP contribution in [-0.2, 0) is 4.79 Å². The molecule has 0 bridgehead atoms. The Morgan fingerprint density at radius 1 is 1.09 bits per heavy atom. The normalized spacial score (nSPS) is 16.0. The lowest BCUT2D eigenvalue weighted by Crippen LogP contribution is -2.41. The smallest absolute Gasteiger partial charge is 0.274 e. The largest absolute Gasteiger partial charge is 0.384 e. The number of allylic oxidation sites excluding steroid dienone is 1. The lowest BCUT2D eigenvalue weighted by atomic mass is 9.83. The van der Waals surface area contributed by atoms with Crippen molar-refractivity contribution in [3.63, 3.8) is 0 Å². The molecule has 6 nitrogen and oxygen atoms in total. The predicted octanol–water partition coefficient (Wildman–Crippen LogP) is 3.44. The zero-order chi connectivity index (χ0) is 24.0. The van der Waals surface area contributed by atoms with E-state index >= 15 is 0 Å². The third kappa shape index (κ3) is 4.05. The van der Waals surface area contributed by atoms with E-state index in [4.69, 9.17) is 57.9 Å². The number of carbonyl (C=O) groups excluding carboxylic acids is 1. The number of thiazole rings is 1. The van der Waals surface area contributed by atoms with Crippen molar-refractivity contribution in [2.75, 3.05) is 0 Å². The van der Waals surface area contributed by atoms with Gasteiger partial charge in [0, 0.05) is 20.1 Å². The van der Waals surface area contributed by atoms with Crippen LogP contribution in [0.15, 0.2) is 46.8 Å². The first kappa shape index (κ1) is 23.4. The molecule has 33 heavy (non-hydrogen) atoms. The van der Waals surface area contributed by atoms with E-state index in [2.05, 4.69) is 0 Å². The fraction of sp³-hybridized carbons (Fsp3) is 0.0455. The maximum atomic E-state index is 13.2. The highest BCUT2D eigenvalue weighted by Crippen LogP contribution is 2.39. The second kappa shape index (κ2) is 8.90. The minimum atomic E-state index is -0.970. The number of aromatic nitrogens is 1. The van der Waals surface area contributed by atoms with Gasteiger partial charge in [-0.05, 0) is 41.5 Å². The van der Waals surface area contributed by atoms with Gasteiger partial charge in [-0.2, -0.15) is 5.26 Å². The van der Waals surface area contributed by atoms with E-state index in [1.54, 1.807) is 36.4 Å². The van der Waals surface area contributed by atoms with Gasteiger partial charge in [-0.15, -0.1) is 11.3 Å². The quantitative estimate of drug-likeness (QED) is 0.532. The van der Waals surface area contributed by atoms with Crippen LogP contribution in [0.2, 0.25) is 20.1 Å². The van der Waals surface area contributed by atoms with E-state index in [0.29, 0.717) is 26.2 Å². The predicted molar refractivity (Wildman–Crippen MR) is 133 cm³/mol. The molecule has 0 radical (unpaired) electrons. The van der Waals surface area contributed by atoms with Crippen LogP contribution < -0.4 is 26.2 Å². The summed E-state index contributed by atoms with van der Waals surface area (Å²) in [5, 5.41) is 11.3. The standard InChI is InChI=1S/C22H12Cl4N4O2S/c23-10-2-1-9(14(25)6-10)5-16-21(32)30-19(28)13(8-27)17(18(20(29)31)22(30)33-16)12-4-3-11(24)7-15(12)26/h1-7,17H,28H2,(H2,29,31)/b16-5-. The number of halogens is 4. The van der Waals surface area contributed by atoms with Gasteiger partial charge in [0.1, 0.15) is 10.5 Å². The molecule has 2 aromatic carbocycles. The number of hydrogen-bond acceptors (Lipinski definition) is 5. The molecular weight excluding hydrogens is 526 g/mol. The fourth-order valence-corrected chi connectivity index (χ4v) is 5.75. The van der Waals surface area contributed by atoms with Crippen molar-refractivity contribution in [3.8, 4) is 6.07 Å². The molecule has 0 spiro atoms. The molecule has 1 amide bonds. The van der Waals surface area contributed by atoms with Crippen LogP contribution in [-0.4, -0.2) is 10.5 Å². The average molecular weight is 538 g/mol. The Bertz CT molecular complexity index is 1600. The van der Waals surface area contributed by atoms with Gasteiger partial charge in [-0.25, -0.2) is 0 Å². The highest BCUT2D eigenvalue weighted by Gasteiger charge is 2.35. The summed E-state index contributed by atoms with van der Waals surface area (Å²) in [7, 11) is 0. The Morgan fingerprint density at radius 2 is 1.73 bits per heavy atom. The van der Waals surface area contributed by atoms with Crippen LogP contribution in [0.4, 0.5) is 0 Å². The zero-order valence-corrected chi connectivity index (χ0v) is 20.2. The summed E-state index contributed by atoms with van der Waals surface area (Å²) in [6.07, 6.45) is 1.55. The van der Waals surface area contributed by atoms with E-state index in [1.807, 2.05) is 6.07 Å². The molecule has 1 atom stereocenters. The van der Waals surface area contributed by atoms with Crippen LogP contribution >= 0.6 is 57.7 Å². The summed E-state index contributed by atoms with van der Waals surface area (Å²) in [5.74, 6) is -1.91. The van der Waals surface area contributed by atoms with Gasteiger partial charge < -0.3 is 11.5 Å². The molecule has 11 heteroatoms. The number of nitrogens with zero attached hydrogens (tertiary/aromatic N) is 2. The second-order valence-electron chi connectivity index (χ2n) is 7.01. The monoisotopic (exact) mass is 536 g/mol. The van der Waals surface area contributed by atoms with Crippen molar-refractivity contribution in [3.05, 3.63) is 92.7 Å². The summed E-state index contributed by atoms with van der Waals surface area (Å²) in [4.78, 5) is 25.8. The van der Waals surface area contributed by atoms with Gasteiger partial charge >= 0.3 is 0 Å². The fourth-order valence-electron chi connectivity index (χ4n) is 3.59. The van der Waals surface area contributed by atoms with Gasteiger partial charge in [0.25, 0.3) is 5.56 Å². The topological polar surface area (TPSA) is 115 Å². The molecule has 0 saturated carbocycles. The van der Waals surface area contributed by atoms with Gasteiger partial charge in [0.05, 0.1) is 27.7 Å². The molecule has 3 aromatic rings. The number of benzene rings is 2. The van der Waals surface area contributed by atoms with Crippen molar-refractivity contribution in [2.45, 2.75) is 5.92 Å². The van der Waals surface area contributed by atoms with Gasteiger partial charge in [-0.3, -0.25) is 14.2 Å². The number of amides is 1. The minimum Gasteiger partial charge on any atom is -0.384 e. The van der Waals surface area contributed by atoms with Gasteiger partial charge in [0.15, 0.2) is 0 Å². The van der Waals surface area contributed by atoms with E-state index in [-0.39, 0.29) is 31.2 Å². The summed E-state index contributed by atoms with van der Waals surface area (Å²) in [6, 6.07) is 11.5. The molecule has 1 aliphatic rings. The van der Waals surface area contributed by atoms with Gasteiger partial charge in [-0.1, -0.05) is 58.5 Å². The first-order valence-electron chi connectivity index (χ1n) is 9.21. The Morgan fingerprint density at radius 3 is 2.30 bits per heavy atom. The Labute approximate surface area is 211 Å². The maximum absolute atomic E-state index is 13.2. The molecule has 0 aliphatic carbocycles. The molecule has 4 rings (SSSR count). The van der Waals surface area contributed by atoms with Crippen LogP contribution in [0.1, 0.15) is 17.0 Å². The molecule has 2 heterocycles. The summed E-state index contributed by atoms with van der Waals surface area (Å²) >= 11 is 25.6. The van der Waals surface area contributed by atoms with Crippen LogP contribution in [0.3, 0.4) is 0 Å². The van der Waals surface area contributed by atoms with Crippen molar-refractivity contribution < 1.29 is 4.79 Å². The highest BCUT2D eigenvalue weighted by atomic mass is 35.5. The summed E-state index contributed by atoms with van der Waals surface area (Å²) in [5.41, 5.74) is 12.4. The van der Waals surface area contributed by atoms with E-state index in [9.17, 15) is 14.9 Å². The van der Waals surface area contributed by atoms with E-state index < -0.39 is 17.4 Å². The van der Waals surface area contributed by atoms with E-state index in [0.717, 1.165) is 15.9 Å². The molecular formula is C22H12Cl4N4O2S. The highest BCUT2D eigenvalue weighted by molar-refractivity contribution is 7.07. The van der Waals surface area contributed by atoms with Crippen molar-refractivity contribution in [1.29, 1.82) is 5.26 Å². The first-order chi connectivity index (χ1) is 15.6. The second-order valence-corrected chi connectivity index (χ2v) is 9.73. The third-order valence-electron chi connectivity index (χ3n) is 5.06. The first-order valence-corrected chi connectivity index (χ1v) is 11.5. The van der Waals surface area contributed by atoms with E-state index in [1.165, 1.54) is 6.07 Å². The molecule has 1 aliphatic heterocycles. The number of nitriles is 1. The number of hydrogen-bond donors (Lipinski definition) is 2. The molecule has 166 valence electrons. The summed E-state index contributed by atoms with van der Waals surface area (Å²) in [6.45, 7) is 0. The Balaban J connectivity index is 2.11. The SMILES string of the molecule is N#CC1=C(N)n2c(s/c(=C\c3ccc(Cl)cc3Cl)c2=O)=C(C(N)=O)C1c1ccc(Cl)cc1Cl. The number of primary amides is 1. The summed E-state index contributed by atoms with van der Waals surface area (Å²) < 4.78 is 1.55. The number of fused-ring (bicyclic) bond motifs is 1. The Hall–Kier alpha value is -2.73. The zero-order valence-electron chi connectivity index (χ0n) is 16.4. The van der Waals surface area contributed by atoms with Crippen LogP contribution in [0, 0.1) is 11.3 Å². The van der Waals surface area contributed by atoms with Crippen LogP contribution in [0.5, 0.6) is 0 Å². The van der Waals surface area contributed by atoms with Crippen LogP contribution in [0.25, 0.3) is 17.5 Å². The average Bonchev–Trinajstić information content (AvgIpc) is 3.06. The maximum Gasteiger partial charge on any atom is 0.274 e. The Kier molecular flexibility index (Phi) is 6.32. The lowest BCUT2D eigenvalue weighted by molar-refractivity contribution is -0.113. The van der Waals surface area contributed by atoms with Crippen molar-refractivity contribution in [2.24, 2.45) is 11.5 Å². The van der Waals surface area contributed by atoms with Crippen molar-refractivity contribution in [1.82, 2.24) is 4.57 Å². The molecule has 0 fully saturated rings. The minimum absolute atomic E-state index is 0.0222. The molecule has 4 N–H and O–H groups in total. The number of carbonyl (C=O) groups is 1. The molecule has 1 aromatic heterocycles. The third-order valence-corrected chi connectivity index (χ3v) is 7.29. The molecule has 0 saturated heterocycles. The van der Waals surface area contributed by atoms with Gasteiger partial charge in [0.2, 0.25) is 5.91 Å². The number of rotatable bonds is 3. The van der Waals surface area contributed by atoms with Crippen molar-refractivity contribution >= 4 is 81.1 Å². The molecule has 1 unspecified atom stereocenters. The number of nitrogens with two attached hydrogens (primary N) is 2. The lowest BCUT2D eigenvalue weighted by Gasteiger charge is -2.24.